The lowest BCUT2D eigenvalue weighted by Crippen LogP contribution is -2.50. The molecule has 100 valence electrons. The van der Waals surface area contributed by atoms with Gasteiger partial charge in [-0.25, -0.2) is 13.1 Å². The standard InChI is InChI=1S/C11H16N2O3S2/c1-3-11(4-2,8-14)13-18(15,16)10-6-5-9(7-12)17-10/h5-6,13-14H,3-4,8H2,1-2H3. The second-order valence-corrected chi connectivity index (χ2v) is 6.97. The van der Waals surface area contributed by atoms with Gasteiger partial charge in [0.25, 0.3) is 10.0 Å². The summed E-state index contributed by atoms with van der Waals surface area (Å²) < 4.78 is 26.9. The largest absolute Gasteiger partial charge is 0.394 e. The van der Waals surface area contributed by atoms with Gasteiger partial charge in [-0.15, -0.1) is 11.3 Å². The predicted octanol–water partition coefficient (Wildman–Crippen LogP) is 1.45. The Morgan fingerprint density at radius 3 is 2.44 bits per heavy atom. The lowest BCUT2D eigenvalue weighted by Gasteiger charge is -2.29. The molecule has 2 N–H and O–H groups in total. The number of hydrogen-bond donors (Lipinski definition) is 2. The topological polar surface area (TPSA) is 90.2 Å². The van der Waals surface area contributed by atoms with Crippen LogP contribution in [-0.4, -0.2) is 25.7 Å². The maximum absolute atomic E-state index is 12.1. The highest BCUT2D eigenvalue weighted by Gasteiger charge is 2.32. The zero-order chi connectivity index (χ0) is 13.8. The van der Waals surface area contributed by atoms with E-state index in [1.807, 2.05) is 19.9 Å². The molecule has 0 aliphatic carbocycles. The Morgan fingerprint density at radius 2 is 2.06 bits per heavy atom. The molecule has 1 aromatic rings. The third-order valence-electron chi connectivity index (χ3n) is 2.96. The summed E-state index contributed by atoms with van der Waals surface area (Å²) in [5.74, 6) is 0. The van der Waals surface area contributed by atoms with Gasteiger partial charge in [-0.2, -0.15) is 5.26 Å². The van der Waals surface area contributed by atoms with Crippen LogP contribution in [0.1, 0.15) is 31.6 Å². The molecule has 0 amide bonds. The first kappa shape index (κ1) is 15.1. The van der Waals surface area contributed by atoms with Gasteiger partial charge in [-0.05, 0) is 25.0 Å². The van der Waals surface area contributed by atoms with Crippen LogP contribution >= 0.6 is 11.3 Å². The first-order valence-electron chi connectivity index (χ1n) is 5.58. The summed E-state index contributed by atoms with van der Waals surface area (Å²) in [6.45, 7) is 3.38. The van der Waals surface area contributed by atoms with E-state index in [1.165, 1.54) is 12.1 Å². The van der Waals surface area contributed by atoms with Crippen LogP contribution in [0.5, 0.6) is 0 Å². The van der Waals surface area contributed by atoms with Gasteiger partial charge in [0.15, 0.2) is 0 Å². The first-order valence-corrected chi connectivity index (χ1v) is 7.87. The van der Waals surface area contributed by atoms with Crippen LogP contribution in [0.2, 0.25) is 0 Å². The van der Waals surface area contributed by atoms with Crippen molar-refractivity contribution in [3.05, 3.63) is 17.0 Å². The SMILES string of the molecule is CCC(CC)(CO)NS(=O)(=O)c1ccc(C#N)s1. The highest BCUT2D eigenvalue weighted by atomic mass is 32.2. The van der Waals surface area contributed by atoms with Crippen molar-refractivity contribution in [3.8, 4) is 6.07 Å². The Morgan fingerprint density at radius 1 is 1.44 bits per heavy atom. The minimum absolute atomic E-state index is 0.0961. The van der Waals surface area contributed by atoms with Crippen LogP contribution in [0.4, 0.5) is 0 Å². The number of aliphatic hydroxyl groups is 1. The number of nitrogens with one attached hydrogen (secondary N) is 1. The zero-order valence-electron chi connectivity index (χ0n) is 10.3. The third-order valence-corrected chi connectivity index (χ3v) is 6.02. The molecule has 0 saturated heterocycles. The van der Waals surface area contributed by atoms with Gasteiger partial charge >= 0.3 is 0 Å². The van der Waals surface area contributed by atoms with Crippen molar-refractivity contribution in [3.63, 3.8) is 0 Å². The minimum atomic E-state index is -3.69. The number of hydrogen-bond acceptors (Lipinski definition) is 5. The summed E-state index contributed by atoms with van der Waals surface area (Å²) in [6.07, 6.45) is 0.991. The maximum atomic E-state index is 12.1. The fourth-order valence-electron chi connectivity index (χ4n) is 1.51. The van der Waals surface area contributed by atoms with Gasteiger partial charge in [0.05, 0.1) is 12.1 Å². The van der Waals surface area contributed by atoms with Crippen molar-refractivity contribution >= 4 is 21.4 Å². The molecule has 0 saturated carbocycles. The Labute approximate surface area is 111 Å². The number of nitriles is 1. The average Bonchev–Trinajstić information content (AvgIpc) is 2.85. The molecule has 0 spiro atoms. The summed E-state index contributed by atoms with van der Waals surface area (Å²) in [4.78, 5) is 0.345. The summed E-state index contributed by atoms with van der Waals surface area (Å²) in [6, 6.07) is 4.77. The fraction of sp³-hybridized carbons (Fsp3) is 0.545. The second kappa shape index (κ2) is 5.80. The van der Waals surface area contributed by atoms with E-state index in [-0.39, 0.29) is 10.8 Å². The van der Waals surface area contributed by atoms with E-state index in [2.05, 4.69) is 4.72 Å². The van der Waals surface area contributed by atoms with Gasteiger partial charge in [0, 0.05) is 0 Å². The molecule has 0 unspecified atom stereocenters. The van der Waals surface area contributed by atoms with Gasteiger partial charge in [0.2, 0.25) is 0 Å². The highest BCUT2D eigenvalue weighted by molar-refractivity contribution is 7.91. The molecule has 1 heterocycles. The van der Waals surface area contributed by atoms with Crippen LogP contribution < -0.4 is 4.72 Å². The molecule has 0 aliphatic heterocycles. The van der Waals surface area contributed by atoms with E-state index in [0.29, 0.717) is 17.7 Å². The van der Waals surface area contributed by atoms with Crippen molar-refractivity contribution < 1.29 is 13.5 Å². The summed E-state index contributed by atoms with van der Waals surface area (Å²) in [7, 11) is -3.69. The molecule has 0 aromatic carbocycles. The second-order valence-electron chi connectivity index (χ2n) is 3.98. The zero-order valence-corrected chi connectivity index (χ0v) is 11.9. The number of rotatable bonds is 6. The van der Waals surface area contributed by atoms with Crippen LogP contribution in [0.25, 0.3) is 0 Å². The molecule has 0 atom stereocenters. The van der Waals surface area contributed by atoms with Crippen molar-refractivity contribution in [2.75, 3.05) is 6.61 Å². The molecular weight excluding hydrogens is 272 g/mol. The van der Waals surface area contributed by atoms with Gasteiger partial charge in [0.1, 0.15) is 15.2 Å². The van der Waals surface area contributed by atoms with Crippen LogP contribution in [0.15, 0.2) is 16.3 Å². The Balaban J connectivity index is 3.05. The fourth-order valence-corrected chi connectivity index (χ4v) is 4.15. The van der Waals surface area contributed by atoms with Gasteiger partial charge in [-0.1, -0.05) is 13.8 Å². The monoisotopic (exact) mass is 288 g/mol. The van der Waals surface area contributed by atoms with E-state index < -0.39 is 15.6 Å². The Bertz CT molecular complexity index is 531. The van der Waals surface area contributed by atoms with E-state index in [0.717, 1.165) is 11.3 Å². The van der Waals surface area contributed by atoms with Crippen molar-refractivity contribution in [1.82, 2.24) is 4.72 Å². The summed E-state index contributed by atoms with van der Waals surface area (Å²) in [5.41, 5.74) is -0.838. The third kappa shape index (κ3) is 3.09. The lowest BCUT2D eigenvalue weighted by atomic mass is 9.96. The molecular formula is C11H16N2O3S2. The number of aliphatic hydroxyl groups excluding tert-OH is 1. The highest BCUT2D eigenvalue weighted by Crippen LogP contribution is 2.24. The molecule has 5 nitrogen and oxygen atoms in total. The maximum Gasteiger partial charge on any atom is 0.250 e. The molecule has 0 radical (unpaired) electrons. The van der Waals surface area contributed by atoms with Crippen molar-refractivity contribution in [2.24, 2.45) is 0 Å². The quantitative estimate of drug-likeness (QED) is 0.829. The smallest absolute Gasteiger partial charge is 0.250 e. The number of thiophene rings is 1. The van der Waals surface area contributed by atoms with Gasteiger partial charge in [-0.3, -0.25) is 0 Å². The van der Waals surface area contributed by atoms with Crippen LogP contribution in [0, 0.1) is 11.3 Å². The minimum Gasteiger partial charge on any atom is -0.394 e. The van der Waals surface area contributed by atoms with Crippen LogP contribution in [0.3, 0.4) is 0 Å². The van der Waals surface area contributed by atoms with E-state index in [9.17, 15) is 13.5 Å². The van der Waals surface area contributed by atoms with E-state index in [1.54, 1.807) is 0 Å². The molecule has 0 fully saturated rings. The van der Waals surface area contributed by atoms with Crippen molar-refractivity contribution in [1.29, 1.82) is 5.26 Å². The average molecular weight is 288 g/mol. The molecule has 18 heavy (non-hydrogen) atoms. The normalized spacial score (nSPS) is 12.3. The molecule has 0 aliphatic rings. The first-order chi connectivity index (χ1) is 8.43. The summed E-state index contributed by atoms with van der Waals surface area (Å²) >= 11 is 0.919. The molecule has 7 heteroatoms. The molecule has 1 rings (SSSR count). The number of nitrogens with zero attached hydrogens (tertiary/aromatic N) is 1. The lowest BCUT2D eigenvalue weighted by molar-refractivity contribution is 0.172. The van der Waals surface area contributed by atoms with Crippen LogP contribution in [-0.2, 0) is 10.0 Å². The molecule has 1 aromatic heterocycles. The molecule has 0 bridgehead atoms. The Kier molecular flexibility index (Phi) is 4.87. The van der Waals surface area contributed by atoms with E-state index >= 15 is 0 Å². The predicted molar refractivity (Wildman–Crippen MR) is 69.8 cm³/mol. The Hall–Kier alpha value is -0.940. The number of sulfonamides is 1. The van der Waals surface area contributed by atoms with Gasteiger partial charge < -0.3 is 5.11 Å². The van der Waals surface area contributed by atoms with Crippen molar-refractivity contribution in [2.45, 2.75) is 36.4 Å². The summed E-state index contributed by atoms with van der Waals surface area (Å²) in [5, 5.41) is 18.1. The van der Waals surface area contributed by atoms with E-state index in [4.69, 9.17) is 5.26 Å².